The minimum atomic E-state index is 0.623. The lowest BCUT2D eigenvalue weighted by molar-refractivity contribution is 0.388. The molecule has 0 aliphatic heterocycles. The first-order valence-electron chi connectivity index (χ1n) is 5.42. The van der Waals surface area contributed by atoms with E-state index in [2.05, 4.69) is 43.0 Å². The highest BCUT2D eigenvalue weighted by atomic mass is 16.5. The van der Waals surface area contributed by atoms with Crippen LogP contribution in [0.3, 0.4) is 0 Å². The second-order valence-corrected chi connectivity index (χ2v) is 4.28. The zero-order chi connectivity index (χ0) is 11.7. The maximum Gasteiger partial charge on any atom is 0.223 e. The van der Waals surface area contributed by atoms with Crippen LogP contribution in [0.4, 0.5) is 0 Å². The van der Waals surface area contributed by atoms with Gasteiger partial charge in [0.05, 0.1) is 0 Å². The summed E-state index contributed by atoms with van der Waals surface area (Å²) in [5.41, 5.74) is 5.18. The van der Waals surface area contributed by atoms with E-state index in [9.17, 15) is 0 Å². The van der Waals surface area contributed by atoms with Crippen molar-refractivity contribution in [1.29, 1.82) is 0 Å². The van der Waals surface area contributed by atoms with E-state index in [0.29, 0.717) is 5.89 Å². The van der Waals surface area contributed by atoms with Crippen LogP contribution in [0.5, 0.6) is 0 Å². The first-order valence-corrected chi connectivity index (χ1v) is 5.42. The van der Waals surface area contributed by atoms with Gasteiger partial charge in [-0.2, -0.15) is 4.98 Å². The van der Waals surface area contributed by atoms with Crippen LogP contribution in [0.25, 0.3) is 0 Å². The van der Waals surface area contributed by atoms with E-state index < -0.39 is 0 Å². The fraction of sp³-hybridized carbons (Fsp3) is 0.385. The largest absolute Gasteiger partial charge is 0.340 e. The first kappa shape index (κ1) is 10.9. The van der Waals surface area contributed by atoms with Gasteiger partial charge < -0.3 is 4.52 Å². The standard InChI is InChI=1S/C13H16N2O/c1-8-5-9(2)12(10(3)6-8)7-13-14-11(4)16-15-13/h5-6H,7H2,1-4H3. The molecular weight excluding hydrogens is 200 g/mol. The molecule has 0 radical (unpaired) electrons. The van der Waals surface area contributed by atoms with Gasteiger partial charge in [0.1, 0.15) is 0 Å². The van der Waals surface area contributed by atoms with E-state index in [0.717, 1.165) is 12.2 Å². The van der Waals surface area contributed by atoms with E-state index >= 15 is 0 Å². The molecule has 3 nitrogen and oxygen atoms in total. The predicted octanol–water partition coefficient (Wildman–Crippen LogP) is 2.89. The molecule has 0 fully saturated rings. The third-order valence-electron chi connectivity index (χ3n) is 2.74. The lowest BCUT2D eigenvalue weighted by Gasteiger charge is -2.08. The van der Waals surface area contributed by atoms with Gasteiger partial charge in [-0.3, -0.25) is 0 Å². The van der Waals surface area contributed by atoms with Crippen LogP contribution in [0.2, 0.25) is 0 Å². The van der Waals surface area contributed by atoms with Gasteiger partial charge in [0, 0.05) is 13.3 Å². The Bertz CT molecular complexity index is 491. The number of rotatable bonds is 2. The minimum absolute atomic E-state index is 0.623. The zero-order valence-electron chi connectivity index (χ0n) is 10.2. The molecule has 1 heterocycles. The number of aryl methyl sites for hydroxylation is 4. The summed E-state index contributed by atoms with van der Waals surface area (Å²) in [6, 6.07) is 4.38. The lowest BCUT2D eigenvalue weighted by Crippen LogP contribution is -1.98. The van der Waals surface area contributed by atoms with Crippen molar-refractivity contribution < 1.29 is 4.52 Å². The number of aromatic nitrogens is 2. The summed E-state index contributed by atoms with van der Waals surface area (Å²) >= 11 is 0. The second-order valence-electron chi connectivity index (χ2n) is 4.28. The Morgan fingerprint density at radius 2 is 1.69 bits per heavy atom. The van der Waals surface area contributed by atoms with Gasteiger partial charge in [0.15, 0.2) is 5.82 Å². The van der Waals surface area contributed by atoms with Gasteiger partial charge in [0.2, 0.25) is 5.89 Å². The average molecular weight is 216 g/mol. The van der Waals surface area contributed by atoms with E-state index in [4.69, 9.17) is 4.52 Å². The van der Waals surface area contributed by atoms with Gasteiger partial charge >= 0.3 is 0 Å². The summed E-state index contributed by atoms with van der Waals surface area (Å²) < 4.78 is 4.98. The van der Waals surface area contributed by atoms with E-state index in [1.54, 1.807) is 0 Å². The number of benzene rings is 1. The molecule has 0 spiro atoms. The third-order valence-corrected chi connectivity index (χ3v) is 2.74. The Balaban J connectivity index is 2.34. The van der Waals surface area contributed by atoms with Gasteiger partial charge in [0.25, 0.3) is 0 Å². The maximum atomic E-state index is 4.98. The molecule has 1 aromatic heterocycles. The molecule has 0 saturated heterocycles. The van der Waals surface area contributed by atoms with Crippen molar-refractivity contribution in [3.63, 3.8) is 0 Å². The molecule has 0 aliphatic rings. The van der Waals surface area contributed by atoms with Crippen LogP contribution >= 0.6 is 0 Å². The fourth-order valence-electron chi connectivity index (χ4n) is 2.06. The highest BCUT2D eigenvalue weighted by Crippen LogP contribution is 2.18. The van der Waals surface area contributed by atoms with Crippen molar-refractivity contribution >= 4 is 0 Å². The van der Waals surface area contributed by atoms with Gasteiger partial charge in [-0.1, -0.05) is 22.9 Å². The molecule has 0 saturated carbocycles. The number of hydrogen-bond donors (Lipinski definition) is 0. The normalized spacial score (nSPS) is 10.8. The number of hydrogen-bond acceptors (Lipinski definition) is 3. The summed E-state index contributed by atoms with van der Waals surface area (Å²) in [5, 5.41) is 3.93. The summed E-state index contributed by atoms with van der Waals surface area (Å²) in [5.74, 6) is 1.38. The van der Waals surface area contributed by atoms with Crippen molar-refractivity contribution in [1.82, 2.24) is 10.1 Å². The van der Waals surface area contributed by atoms with Crippen LogP contribution in [-0.2, 0) is 6.42 Å². The monoisotopic (exact) mass is 216 g/mol. The molecule has 3 heteroatoms. The molecule has 0 amide bonds. The Morgan fingerprint density at radius 3 is 2.19 bits per heavy atom. The predicted molar refractivity (Wildman–Crippen MR) is 62.5 cm³/mol. The molecule has 84 valence electrons. The Morgan fingerprint density at radius 1 is 1.06 bits per heavy atom. The second kappa shape index (κ2) is 4.08. The van der Waals surface area contributed by atoms with Crippen molar-refractivity contribution in [2.24, 2.45) is 0 Å². The SMILES string of the molecule is Cc1cc(C)c(Cc2noc(C)n2)c(C)c1. The van der Waals surface area contributed by atoms with E-state index in [-0.39, 0.29) is 0 Å². The van der Waals surface area contributed by atoms with Crippen LogP contribution in [-0.4, -0.2) is 10.1 Å². The van der Waals surface area contributed by atoms with Crippen LogP contribution in [0.15, 0.2) is 16.7 Å². The minimum Gasteiger partial charge on any atom is -0.340 e. The highest BCUT2D eigenvalue weighted by molar-refractivity contribution is 5.38. The molecule has 0 N–H and O–H groups in total. The lowest BCUT2D eigenvalue weighted by atomic mass is 9.97. The van der Waals surface area contributed by atoms with Crippen LogP contribution in [0, 0.1) is 27.7 Å². The Hall–Kier alpha value is -1.64. The summed E-state index contributed by atoms with van der Waals surface area (Å²) in [6.45, 7) is 8.18. The fourth-order valence-corrected chi connectivity index (χ4v) is 2.06. The molecule has 1 aromatic carbocycles. The van der Waals surface area contributed by atoms with Crippen molar-refractivity contribution in [2.45, 2.75) is 34.1 Å². The van der Waals surface area contributed by atoms with Crippen molar-refractivity contribution in [3.05, 3.63) is 46.1 Å². The summed E-state index contributed by atoms with van der Waals surface area (Å²) in [4.78, 5) is 4.23. The highest BCUT2D eigenvalue weighted by Gasteiger charge is 2.08. The molecule has 0 bridgehead atoms. The first-order chi connectivity index (χ1) is 7.56. The third kappa shape index (κ3) is 2.13. The van der Waals surface area contributed by atoms with Gasteiger partial charge in [-0.25, -0.2) is 0 Å². The Kier molecular flexibility index (Phi) is 2.77. The van der Waals surface area contributed by atoms with Crippen molar-refractivity contribution in [2.75, 3.05) is 0 Å². The quantitative estimate of drug-likeness (QED) is 0.774. The van der Waals surface area contributed by atoms with Crippen LogP contribution in [0.1, 0.15) is 34.0 Å². The number of nitrogens with zero attached hydrogens (tertiary/aromatic N) is 2. The van der Waals surface area contributed by atoms with Crippen LogP contribution < -0.4 is 0 Å². The van der Waals surface area contributed by atoms with Crippen molar-refractivity contribution in [3.8, 4) is 0 Å². The topological polar surface area (TPSA) is 38.9 Å². The summed E-state index contributed by atoms with van der Waals surface area (Å²) in [6.07, 6.45) is 0.745. The van der Waals surface area contributed by atoms with E-state index in [1.807, 2.05) is 6.92 Å². The smallest absolute Gasteiger partial charge is 0.223 e. The van der Waals surface area contributed by atoms with E-state index in [1.165, 1.54) is 22.3 Å². The zero-order valence-corrected chi connectivity index (χ0v) is 10.2. The molecule has 0 aliphatic carbocycles. The molecular formula is C13H16N2O. The molecule has 2 aromatic rings. The Labute approximate surface area is 95.5 Å². The van der Waals surface area contributed by atoms with Gasteiger partial charge in [-0.05, 0) is 37.5 Å². The average Bonchev–Trinajstić information content (AvgIpc) is 2.58. The summed E-state index contributed by atoms with van der Waals surface area (Å²) in [7, 11) is 0. The van der Waals surface area contributed by atoms with Gasteiger partial charge in [-0.15, -0.1) is 0 Å². The molecule has 2 rings (SSSR count). The molecule has 0 unspecified atom stereocenters. The molecule has 0 atom stereocenters. The molecule has 16 heavy (non-hydrogen) atoms. The maximum absolute atomic E-state index is 4.98.